The molecule has 29 heavy (non-hydrogen) atoms. The third-order valence-electron chi connectivity index (χ3n) is 3.87. The molecule has 0 aliphatic carbocycles. The zero-order valence-corrected chi connectivity index (χ0v) is 17.6. The minimum atomic E-state index is -0.302. The van der Waals surface area contributed by atoms with E-state index in [0.29, 0.717) is 42.9 Å². The Hall–Kier alpha value is -2.67. The minimum absolute atomic E-state index is 0.0463. The zero-order chi connectivity index (χ0) is 22.4. The lowest BCUT2D eigenvalue weighted by Crippen LogP contribution is -2.32. The Morgan fingerprint density at radius 3 is 2.62 bits per heavy atom. The summed E-state index contributed by atoms with van der Waals surface area (Å²) >= 11 is 0. The number of nitrogens with two attached hydrogens (primary N) is 2. The number of β-amino-alcohol motifs (C(OH)–C–C–N with tert-alkyl or cyclic N) is 1. The maximum atomic E-state index is 11.6. The van der Waals surface area contributed by atoms with Crippen molar-refractivity contribution in [2.24, 2.45) is 17.1 Å². The van der Waals surface area contributed by atoms with Gasteiger partial charge in [-0.2, -0.15) is 0 Å². The van der Waals surface area contributed by atoms with Crippen molar-refractivity contribution in [1.82, 2.24) is 15.2 Å². The molecule has 1 fully saturated rings. The summed E-state index contributed by atoms with van der Waals surface area (Å²) < 4.78 is 5.07. The summed E-state index contributed by atoms with van der Waals surface area (Å²) in [6, 6.07) is 1.70. The second-order valence-electron chi connectivity index (χ2n) is 7.54. The lowest BCUT2D eigenvalue weighted by molar-refractivity contribution is -0.132. The number of nitrogens with zero attached hydrogens (tertiary/aromatic N) is 2. The Morgan fingerprint density at radius 2 is 2.17 bits per heavy atom. The maximum absolute atomic E-state index is 11.6. The summed E-state index contributed by atoms with van der Waals surface area (Å²) in [4.78, 5) is 27.5. The van der Waals surface area contributed by atoms with Crippen LogP contribution in [0.2, 0.25) is 0 Å². The van der Waals surface area contributed by atoms with Crippen LogP contribution >= 0.6 is 0 Å². The van der Waals surface area contributed by atoms with Crippen molar-refractivity contribution < 1.29 is 19.4 Å². The normalized spacial score (nSPS) is 15.1. The van der Waals surface area contributed by atoms with Gasteiger partial charge in [-0.15, -0.1) is 6.42 Å². The Kier molecular flexibility index (Phi) is 12.3. The van der Waals surface area contributed by atoms with Crippen molar-refractivity contribution in [3.05, 3.63) is 23.5 Å². The van der Waals surface area contributed by atoms with E-state index in [1.807, 2.05) is 0 Å². The number of likely N-dealkylation sites (tertiary alicyclic amines) is 1. The molecule has 0 bridgehead atoms. The van der Waals surface area contributed by atoms with Crippen LogP contribution in [0.3, 0.4) is 0 Å². The van der Waals surface area contributed by atoms with Gasteiger partial charge in [0.2, 0.25) is 12.3 Å². The van der Waals surface area contributed by atoms with E-state index >= 15 is 0 Å². The molecule has 2 rings (SSSR count). The summed E-state index contributed by atoms with van der Waals surface area (Å²) in [7, 11) is 1.53. The third-order valence-corrected chi connectivity index (χ3v) is 3.87. The molecule has 1 aromatic heterocycles. The number of hydrazine groups is 1. The predicted octanol–water partition coefficient (Wildman–Crippen LogP) is 0.152. The summed E-state index contributed by atoms with van der Waals surface area (Å²) in [6.07, 6.45) is 8.37. The van der Waals surface area contributed by atoms with E-state index in [-0.39, 0.29) is 17.4 Å². The fraction of sp³-hybridized carbons (Fsp3) is 0.550. The van der Waals surface area contributed by atoms with E-state index < -0.39 is 0 Å². The summed E-state index contributed by atoms with van der Waals surface area (Å²) in [5.41, 5.74) is 1.35. The van der Waals surface area contributed by atoms with Crippen LogP contribution < -0.4 is 21.7 Å². The van der Waals surface area contributed by atoms with Crippen molar-refractivity contribution in [3.8, 4) is 18.1 Å². The SMILES string of the molecule is C#Cc1cnc(CNC=O)c(OC)c1.CC(C)(C)CC(=O)N1CCC(O)C1.NN. The van der Waals surface area contributed by atoms with Gasteiger partial charge in [-0.3, -0.25) is 26.3 Å². The molecule has 1 saturated heterocycles. The molecular formula is C20H33N5O4. The largest absolute Gasteiger partial charge is 0.495 e. The lowest BCUT2D eigenvalue weighted by Gasteiger charge is -2.22. The second-order valence-corrected chi connectivity index (χ2v) is 7.54. The summed E-state index contributed by atoms with van der Waals surface area (Å²) in [6.45, 7) is 7.73. The fourth-order valence-corrected chi connectivity index (χ4v) is 2.53. The van der Waals surface area contributed by atoms with Gasteiger partial charge in [0.1, 0.15) is 11.4 Å². The van der Waals surface area contributed by atoms with Crippen molar-refractivity contribution in [1.29, 1.82) is 0 Å². The van der Waals surface area contributed by atoms with Crippen LogP contribution in [0.1, 0.15) is 44.9 Å². The van der Waals surface area contributed by atoms with E-state index in [1.54, 1.807) is 17.2 Å². The first-order valence-corrected chi connectivity index (χ1v) is 9.16. The molecule has 9 nitrogen and oxygen atoms in total. The van der Waals surface area contributed by atoms with Crippen LogP contribution in [0.4, 0.5) is 0 Å². The van der Waals surface area contributed by atoms with Gasteiger partial charge in [0.25, 0.3) is 0 Å². The quantitative estimate of drug-likeness (QED) is 0.235. The molecule has 1 aliphatic heterocycles. The number of aliphatic hydroxyl groups is 1. The molecule has 0 saturated carbocycles. The Labute approximate surface area is 172 Å². The molecule has 1 unspecified atom stereocenters. The molecule has 9 heteroatoms. The number of aromatic nitrogens is 1. The number of nitrogens with one attached hydrogen (secondary N) is 1. The molecule has 6 N–H and O–H groups in total. The van der Waals surface area contributed by atoms with Gasteiger partial charge >= 0.3 is 0 Å². The Morgan fingerprint density at radius 1 is 1.52 bits per heavy atom. The molecule has 1 aliphatic rings. The predicted molar refractivity (Wildman–Crippen MR) is 111 cm³/mol. The van der Waals surface area contributed by atoms with Crippen LogP contribution in [0.25, 0.3) is 0 Å². The zero-order valence-electron chi connectivity index (χ0n) is 17.6. The number of amides is 2. The number of pyridine rings is 1. The average Bonchev–Trinajstić information content (AvgIpc) is 3.13. The molecule has 0 spiro atoms. The van der Waals surface area contributed by atoms with E-state index in [2.05, 4.69) is 48.7 Å². The number of aliphatic hydroxyl groups excluding tert-OH is 1. The van der Waals surface area contributed by atoms with Crippen molar-refractivity contribution in [2.75, 3.05) is 20.2 Å². The van der Waals surface area contributed by atoms with Gasteiger partial charge in [0.15, 0.2) is 0 Å². The first-order chi connectivity index (χ1) is 13.7. The second kappa shape index (κ2) is 13.5. The molecule has 1 atom stereocenters. The number of ether oxygens (including phenoxy) is 1. The monoisotopic (exact) mass is 407 g/mol. The highest BCUT2D eigenvalue weighted by atomic mass is 16.5. The average molecular weight is 408 g/mol. The third kappa shape index (κ3) is 10.4. The van der Waals surface area contributed by atoms with Crippen molar-refractivity contribution in [2.45, 2.75) is 46.3 Å². The number of methoxy groups -OCH3 is 1. The number of terminal acetylenes is 1. The van der Waals surface area contributed by atoms with Crippen LogP contribution in [0.15, 0.2) is 12.3 Å². The maximum Gasteiger partial charge on any atom is 0.223 e. The van der Waals surface area contributed by atoms with Crippen molar-refractivity contribution >= 4 is 12.3 Å². The number of carbonyl (C=O) groups excluding carboxylic acids is 2. The number of rotatable bonds is 5. The van der Waals surface area contributed by atoms with Gasteiger partial charge in [0.05, 0.1) is 19.8 Å². The van der Waals surface area contributed by atoms with Crippen LogP contribution in [-0.4, -0.2) is 53.6 Å². The summed E-state index contributed by atoms with van der Waals surface area (Å²) in [5, 5.41) is 11.8. The first kappa shape index (κ1) is 26.3. The smallest absolute Gasteiger partial charge is 0.223 e. The Balaban J connectivity index is 0.000000499. The number of hydrogen-bond acceptors (Lipinski definition) is 7. The van der Waals surface area contributed by atoms with E-state index in [0.717, 1.165) is 13.0 Å². The molecule has 0 radical (unpaired) electrons. The van der Waals surface area contributed by atoms with Gasteiger partial charge in [0, 0.05) is 31.3 Å². The van der Waals surface area contributed by atoms with Crippen LogP contribution in [-0.2, 0) is 16.1 Å². The van der Waals surface area contributed by atoms with Crippen LogP contribution in [0, 0.1) is 17.8 Å². The number of hydrogen-bond donors (Lipinski definition) is 4. The van der Waals surface area contributed by atoms with E-state index in [4.69, 9.17) is 11.2 Å². The highest BCUT2D eigenvalue weighted by Crippen LogP contribution is 2.21. The molecule has 2 amide bonds. The fourth-order valence-electron chi connectivity index (χ4n) is 2.53. The van der Waals surface area contributed by atoms with Gasteiger partial charge in [-0.25, -0.2) is 0 Å². The summed E-state index contributed by atoms with van der Waals surface area (Å²) in [5.74, 6) is 11.2. The molecule has 0 aromatic carbocycles. The molecule has 1 aromatic rings. The lowest BCUT2D eigenvalue weighted by atomic mass is 9.92. The van der Waals surface area contributed by atoms with Gasteiger partial charge in [-0.05, 0) is 17.9 Å². The topological polar surface area (TPSA) is 144 Å². The first-order valence-electron chi connectivity index (χ1n) is 9.16. The van der Waals surface area contributed by atoms with Gasteiger partial charge < -0.3 is 20.1 Å². The highest BCUT2D eigenvalue weighted by molar-refractivity contribution is 5.77. The van der Waals surface area contributed by atoms with E-state index in [9.17, 15) is 14.7 Å². The highest BCUT2D eigenvalue weighted by Gasteiger charge is 2.27. The minimum Gasteiger partial charge on any atom is -0.495 e. The van der Waals surface area contributed by atoms with Crippen LogP contribution in [0.5, 0.6) is 5.75 Å². The number of carbonyl (C=O) groups is 2. The van der Waals surface area contributed by atoms with Crippen molar-refractivity contribution in [3.63, 3.8) is 0 Å². The molecule has 2 heterocycles. The molecule has 162 valence electrons. The van der Waals surface area contributed by atoms with Gasteiger partial charge in [-0.1, -0.05) is 26.7 Å². The molecular weight excluding hydrogens is 374 g/mol. The van der Waals surface area contributed by atoms with E-state index in [1.165, 1.54) is 7.11 Å². The standard InChI is InChI=1S/C10H10N2O2.C10H19NO2.H4N2/c1-3-8-4-10(14-2)9(12-5-8)6-11-7-13;1-10(2,3)6-9(13)11-5-4-8(12)7-11;1-2/h1,4-5,7H,6H2,2H3,(H,11,13);8,12H,4-7H2,1-3H3;1-2H2. The Bertz CT molecular complexity index is 682.